The molecule has 1 amide bonds. The summed E-state index contributed by atoms with van der Waals surface area (Å²) in [5.41, 5.74) is 1.27. The lowest BCUT2D eigenvalue weighted by atomic mass is 9.99. The molecule has 3 nitrogen and oxygen atoms in total. The fourth-order valence-corrected chi connectivity index (χ4v) is 3.68. The molecule has 1 saturated heterocycles. The number of rotatable bonds is 8. The molecule has 2 rings (SSSR count). The Hall–Kier alpha value is -1.00. The lowest BCUT2D eigenvalue weighted by Crippen LogP contribution is -2.36. The van der Waals surface area contributed by atoms with Crippen LogP contribution in [0.15, 0.2) is 30.3 Å². The third-order valence-electron chi connectivity index (χ3n) is 4.54. The van der Waals surface area contributed by atoms with E-state index in [0.717, 1.165) is 31.2 Å². The van der Waals surface area contributed by atoms with E-state index in [1.54, 1.807) is 11.8 Å². The standard InChI is InChI=1S/C19H30N2OS/c1-16-9-13-21(14-10-16)12-6-11-20-19(22)17(2)23-15-18-7-4-3-5-8-18/h3-5,7-8,16-17H,6,9-15H2,1-2H3,(H,20,22)/t17-/m0/s1. The van der Waals surface area contributed by atoms with Crippen molar-refractivity contribution in [3.8, 4) is 0 Å². The Morgan fingerprint density at radius 2 is 2.00 bits per heavy atom. The number of hydrogen-bond acceptors (Lipinski definition) is 3. The third kappa shape index (κ3) is 6.96. The van der Waals surface area contributed by atoms with Crippen LogP contribution >= 0.6 is 11.8 Å². The maximum atomic E-state index is 12.1. The molecule has 1 fully saturated rings. The molecule has 0 spiro atoms. The van der Waals surface area contributed by atoms with E-state index in [1.807, 2.05) is 25.1 Å². The molecule has 0 unspecified atom stereocenters. The van der Waals surface area contributed by atoms with Crippen LogP contribution in [0.2, 0.25) is 0 Å². The van der Waals surface area contributed by atoms with Crippen molar-refractivity contribution >= 4 is 17.7 Å². The monoisotopic (exact) mass is 334 g/mol. The molecule has 1 atom stereocenters. The van der Waals surface area contributed by atoms with Crippen LogP contribution in [0.3, 0.4) is 0 Å². The molecule has 1 heterocycles. The summed E-state index contributed by atoms with van der Waals surface area (Å²) >= 11 is 1.70. The number of likely N-dealkylation sites (tertiary alicyclic amines) is 1. The Kier molecular flexibility index (Phi) is 7.96. The summed E-state index contributed by atoms with van der Waals surface area (Å²) in [7, 11) is 0. The molecule has 1 aliphatic rings. The molecule has 4 heteroatoms. The van der Waals surface area contributed by atoms with Gasteiger partial charge in [0, 0.05) is 12.3 Å². The molecule has 0 bridgehead atoms. The highest BCUT2D eigenvalue weighted by Gasteiger charge is 2.16. The number of thioether (sulfide) groups is 1. The van der Waals surface area contributed by atoms with Crippen molar-refractivity contribution in [3.05, 3.63) is 35.9 Å². The number of nitrogens with zero attached hydrogens (tertiary/aromatic N) is 1. The van der Waals surface area contributed by atoms with E-state index in [0.29, 0.717) is 0 Å². The largest absolute Gasteiger partial charge is 0.355 e. The van der Waals surface area contributed by atoms with Crippen molar-refractivity contribution in [2.45, 2.75) is 44.1 Å². The predicted octanol–water partition coefficient (Wildman–Crippen LogP) is 3.55. The first-order valence-electron chi connectivity index (χ1n) is 8.80. The van der Waals surface area contributed by atoms with Gasteiger partial charge in [0.2, 0.25) is 5.91 Å². The summed E-state index contributed by atoms with van der Waals surface area (Å²) in [4.78, 5) is 14.6. The number of amides is 1. The van der Waals surface area contributed by atoms with Crippen molar-refractivity contribution in [3.63, 3.8) is 0 Å². The molecule has 0 saturated carbocycles. The second kappa shape index (κ2) is 9.99. The van der Waals surface area contributed by atoms with Gasteiger partial charge in [-0.05, 0) is 57.3 Å². The first kappa shape index (κ1) is 18.3. The molecule has 0 aromatic heterocycles. The van der Waals surface area contributed by atoms with Gasteiger partial charge in [0.15, 0.2) is 0 Å². The van der Waals surface area contributed by atoms with Gasteiger partial charge in [0.1, 0.15) is 0 Å². The topological polar surface area (TPSA) is 32.3 Å². The Balaban J connectivity index is 1.55. The summed E-state index contributed by atoms with van der Waals surface area (Å²) in [5, 5.41) is 3.09. The van der Waals surface area contributed by atoms with E-state index in [4.69, 9.17) is 0 Å². The Morgan fingerprint density at radius 1 is 1.30 bits per heavy atom. The van der Waals surface area contributed by atoms with Crippen LogP contribution in [0.25, 0.3) is 0 Å². The normalized spacial score (nSPS) is 17.8. The molecule has 1 aromatic rings. The maximum absolute atomic E-state index is 12.1. The Morgan fingerprint density at radius 3 is 2.70 bits per heavy atom. The van der Waals surface area contributed by atoms with Gasteiger partial charge >= 0.3 is 0 Å². The van der Waals surface area contributed by atoms with Gasteiger partial charge in [-0.2, -0.15) is 0 Å². The van der Waals surface area contributed by atoms with Crippen molar-refractivity contribution in [2.24, 2.45) is 5.92 Å². The predicted molar refractivity (Wildman–Crippen MR) is 99.7 cm³/mol. The van der Waals surface area contributed by atoms with Crippen molar-refractivity contribution in [1.82, 2.24) is 10.2 Å². The molecule has 128 valence electrons. The molecule has 1 aliphatic heterocycles. The summed E-state index contributed by atoms with van der Waals surface area (Å²) in [6.45, 7) is 8.68. The minimum absolute atomic E-state index is 0.00559. The highest BCUT2D eigenvalue weighted by atomic mass is 32.2. The number of hydrogen-bond donors (Lipinski definition) is 1. The van der Waals surface area contributed by atoms with Gasteiger partial charge in [-0.25, -0.2) is 0 Å². The average molecular weight is 335 g/mol. The molecule has 23 heavy (non-hydrogen) atoms. The van der Waals surface area contributed by atoms with Gasteiger partial charge in [-0.3, -0.25) is 4.79 Å². The number of carbonyl (C=O) groups is 1. The second-order valence-electron chi connectivity index (χ2n) is 6.61. The Bertz CT molecular complexity index is 458. The zero-order valence-corrected chi connectivity index (χ0v) is 15.3. The molecule has 0 radical (unpaired) electrons. The van der Waals surface area contributed by atoms with E-state index in [9.17, 15) is 4.79 Å². The van der Waals surface area contributed by atoms with Gasteiger partial charge in [-0.1, -0.05) is 37.3 Å². The van der Waals surface area contributed by atoms with E-state index in [2.05, 4.69) is 29.3 Å². The quantitative estimate of drug-likeness (QED) is 0.738. The number of piperidine rings is 1. The highest BCUT2D eigenvalue weighted by Crippen LogP contribution is 2.18. The van der Waals surface area contributed by atoms with Crippen LogP contribution in [0, 0.1) is 5.92 Å². The average Bonchev–Trinajstić information content (AvgIpc) is 2.59. The SMILES string of the molecule is CC1CCN(CCCNC(=O)[C@H](C)SCc2ccccc2)CC1. The van der Waals surface area contributed by atoms with Gasteiger partial charge in [0.25, 0.3) is 0 Å². The minimum Gasteiger partial charge on any atom is -0.355 e. The number of benzene rings is 1. The zero-order valence-electron chi connectivity index (χ0n) is 14.5. The molecule has 1 N–H and O–H groups in total. The van der Waals surface area contributed by atoms with Gasteiger partial charge in [0.05, 0.1) is 5.25 Å². The summed E-state index contributed by atoms with van der Waals surface area (Å²) < 4.78 is 0. The van der Waals surface area contributed by atoms with Crippen LogP contribution in [0.5, 0.6) is 0 Å². The van der Waals surface area contributed by atoms with Crippen molar-refractivity contribution in [1.29, 1.82) is 0 Å². The van der Waals surface area contributed by atoms with Gasteiger partial charge < -0.3 is 10.2 Å². The third-order valence-corrected chi connectivity index (χ3v) is 5.75. The lowest BCUT2D eigenvalue weighted by molar-refractivity contribution is -0.120. The van der Waals surface area contributed by atoms with Crippen LogP contribution < -0.4 is 5.32 Å². The molecule has 1 aromatic carbocycles. The molecule has 0 aliphatic carbocycles. The van der Waals surface area contributed by atoms with Crippen LogP contribution in [0.4, 0.5) is 0 Å². The summed E-state index contributed by atoms with van der Waals surface area (Å²) in [6.07, 6.45) is 3.69. The van der Waals surface area contributed by atoms with Crippen molar-refractivity contribution in [2.75, 3.05) is 26.2 Å². The fourth-order valence-electron chi connectivity index (χ4n) is 2.81. The highest BCUT2D eigenvalue weighted by molar-refractivity contribution is 7.99. The van der Waals surface area contributed by atoms with E-state index in [-0.39, 0.29) is 11.2 Å². The van der Waals surface area contributed by atoms with E-state index >= 15 is 0 Å². The minimum atomic E-state index is 0.00559. The first-order chi connectivity index (χ1) is 11.1. The van der Waals surface area contributed by atoms with E-state index < -0.39 is 0 Å². The van der Waals surface area contributed by atoms with E-state index in [1.165, 1.54) is 31.5 Å². The number of carbonyl (C=O) groups excluding carboxylic acids is 1. The number of nitrogens with one attached hydrogen (secondary N) is 1. The van der Waals surface area contributed by atoms with Crippen LogP contribution in [-0.4, -0.2) is 42.2 Å². The molecular formula is C19H30N2OS. The summed E-state index contributed by atoms with van der Waals surface area (Å²) in [6, 6.07) is 10.3. The lowest BCUT2D eigenvalue weighted by Gasteiger charge is -2.30. The van der Waals surface area contributed by atoms with Crippen LogP contribution in [0.1, 0.15) is 38.7 Å². The zero-order chi connectivity index (χ0) is 16.5. The van der Waals surface area contributed by atoms with Crippen LogP contribution in [-0.2, 0) is 10.5 Å². The summed E-state index contributed by atoms with van der Waals surface area (Å²) in [5.74, 6) is 1.94. The second-order valence-corrected chi connectivity index (χ2v) is 7.94. The Labute approximate surface area is 145 Å². The molecular weight excluding hydrogens is 304 g/mol. The van der Waals surface area contributed by atoms with Gasteiger partial charge in [-0.15, -0.1) is 11.8 Å². The first-order valence-corrected chi connectivity index (χ1v) is 9.85. The fraction of sp³-hybridized carbons (Fsp3) is 0.632. The maximum Gasteiger partial charge on any atom is 0.232 e. The smallest absolute Gasteiger partial charge is 0.232 e. The van der Waals surface area contributed by atoms with Crippen molar-refractivity contribution < 1.29 is 4.79 Å².